The van der Waals surface area contributed by atoms with Gasteiger partial charge in [0, 0.05) is 13.1 Å². The monoisotopic (exact) mass is 166 g/mol. The molecule has 0 radical (unpaired) electrons. The number of nitrogens with two attached hydrogens (primary N) is 2. The molecule has 1 aromatic carbocycles. The van der Waals surface area contributed by atoms with Crippen LogP contribution in [0.3, 0.4) is 0 Å². The Morgan fingerprint density at radius 3 is 1.42 bits per heavy atom. The van der Waals surface area contributed by atoms with Gasteiger partial charge in [0.25, 0.3) is 0 Å². The van der Waals surface area contributed by atoms with Gasteiger partial charge in [0.1, 0.15) is 0 Å². The highest BCUT2D eigenvalue weighted by Gasteiger charge is 1.83. The van der Waals surface area contributed by atoms with E-state index in [-0.39, 0.29) is 0 Å². The van der Waals surface area contributed by atoms with Crippen molar-refractivity contribution in [2.75, 3.05) is 13.1 Å². The highest BCUT2D eigenvalue weighted by atomic mass is 14.6. The van der Waals surface area contributed by atoms with Crippen molar-refractivity contribution in [2.24, 2.45) is 11.5 Å². The van der Waals surface area contributed by atoms with Crippen LogP contribution in [0.5, 0.6) is 0 Å². The molecule has 2 nitrogen and oxygen atoms in total. The predicted octanol–water partition coefficient (Wildman–Crippen LogP) is 1.21. The van der Waals surface area contributed by atoms with Crippen LogP contribution >= 0.6 is 0 Å². The Morgan fingerprint density at radius 2 is 1.25 bits per heavy atom. The molecule has 0 aliphatic rings. The summed E-state index contributed by atoms with van der Waals surface area (Å²) in [6.07, 6.45) is 0. The molecule has 1 rings (SSSR count). The molecule has 0 aromatic heterocycles. The van der Waals surface area contributed by atoms with Crippen LogP contribution in [0.4, 0.5) is 0 Å². The molecule has 0 aliphatic heterocycles. The van der Waals surface area contributed by atoms with Crippen LogP contribution in [0.2, 0.25) is 0 Å². The fourth-order valence-corrected chi connectivity index (χ4v) is 0.663. The molecule has 0 aliphatic carbocycles. The normalized spacial score (nSPS) is 8.67. The highest BCUT2D eigenvalue weighted by Crippen LogP contribution is 2.02. The van der Waals surface area contributed by atoms with Crippen molar-refractivity contribution in [2.45, 2.75) is 13.8 Å². The summed E-state index contributed by atoms with van der Waals surface area (Å²) in [5, 5.41) is 0. The minimum Gasteiger partial charge on any atom is -0.329 e. The molecule has 12 heavy (non-hydrogen) atoms. The molecular formula is C10H18N2. The minimum absolute atomic E-state index is 0.597. The lowest BCUT2D eigenvalue weighted by molar-refractivity contribution is 0.976. The van der Waals surface area contributed by atoms with E-state index in [4.69, 9.17) is 11.5 Å². The van der Waals surface area contributed by atoms with Gasteiger partial charge in [-0.1, -0.05) is 24.3 Å². The summed E-state index contributed by atoms with van der Waals surface area (Å²) in [5.74, 6) is 0. The second-order valence-electron chi connectivity index (χ2n) is 2.66. The van der Waals surface area contributed by atoms with Gasteiger partial charge in [-0.25, -0.2) is 0 Å². The van der Waals surface area contributed by atoms with E-state index in [0.717, 1.165) is 0 Å². The molecule has 1 aromatic rings. The van der Waals surface area contributed by atoms with Crippen LogP contribution in [0.25, 0.3) is 0 Å². The van der Waals surface area contributed by atoms with Crippen molar-refractivity contribution in [1.29, 1.82) is 0 Å². The quantitative estimate of drug-likeness (QED) is 0.659. The molecule has 0 saturated heterocycles. The first kappa shape index (κ1) is 11.1. The Balaban J connectivity index is 0.000000261. The molecule has 0 heterocycles. The largest absolute Gasteiger partial charge is 0.329 e. The maximum atomic E-state index is 4.90. The SMILES string of the molecule is Cc1ccccc1C.NCCN. The van der Waals surface area contributed by atoms with Crippen molar-refractivity contribution in [1.82, 2.24) is 0 Å². The fraction of sp³-hybridized carbons (Fsp3) is 0.400. The molecule has 0 saturated carbocycles. The summed E-state index contributed by atoms with van der Waals surface area (Å²) in [4.78, 5) is 0. The van der Waals surface area contributed by atoms with Gasteiger partial charge >= 0.3 is 0 Å². The molecule has 2 heteroatoms. The summed E-state index contributed by atoms with van der Waals surface area (Å²) in [6, 6.07) is 8.36. The van der Waals surface area contributed by atoms with Crippen LogP contribution in [0.15, 0.2) is 24.3 Å². The highest BCUT2D eigenvalue weighted by molar-refractivity contribution is 5.23. The first-order valence-corrected chi connectivity index (χ1v) is 4.14. The van der Waals surface area contributed by atoms with Gasteiger partial charge < -0.3 is 11.5 Å². The second-order valence-corrected chi connectivity index (χ2v) is 2.66. The smallest absolute Gasteiger partial charge is 0.00461 e. The molecule has 0 fully saturated rings. The molecule has 68 valence electrons. The summed E-state index contributed by atoms with van der Waals surface area (Å²) < 4.78 is 0. The first-order chi connectivity index (χ1) is 5.72. The number of rotatable bonds is 1. The van der Waals surface area contributed by atoms with E-state index in [2.05, 4.69) is 38.1 Å². The maximum Gasteiger partial charge on any atom is 0.00461 e. The zero-order chi connectivity index (χ0) is 9.40. The Bertz CT molecular complexity index is 186. The van der Waals surface area contributed by atoms with Gasteiger partial charge in [0.15, 0.2) is 0 Å². The third-order valence-electron chi connectivity index (χ3n) is 1.59. The summed E-state index contributed by atoms with van der Waals surface area (Å²) in [6.45, 7) is 5.44. The average molecular weight is 166 g/mol. The average Bonchev–Trinajstić information content (AvgIpc) is 2.11. The summed E-state index contributed by atoms with van der Waals surface area (Å²) >= 11 is 0. The molecule has 0 bridgehead atoms. The van der Waals surface area contributed by atoms with Crippen molar-refractivity contribution in [3.8, 4) is 0 Å². The zero-order valence-electron chi connectivity index (χ0n) is 7.88. The van der Waals surface area contributed by atoms with Gasteiger partial charge in [-0.05, 0) is 25.0 Å². The lowest BCUT2D eigenvalue weighted by Gasteiger charge is -1.93. The van der Waals surface area contributed by atoms with E-state index in [1.807, 2.05) is 0 Å². The van der Waals surface area contributed by atoms with Crippen molar-refractivity contribution < 1.29 is 0 Å². The van der Waals surface area contributed by atoms with E-state index >= 15 is 0 Å². The molecular weight excluding hydrogens is 148 g/mol. The lowest BCUT2D eigenvalue weighted by atomic mass is 10.1. The van der Waals surface area contributed by atoms with E-state index in [9.17, 15) is 0 Å². The van der Waals surface area contributed by atoms with Gasteiger partial charge in [-0.3, -0.25) is 0 Å². The second kappa shape index (κ2) is 6.83. The van der Waals surface area contributed by atoms with Gasteiger partial charge in [0.05, 0.1) is 0 Å². The van der Waals surface area contributed by atoms with Crippen LogP contribution < -0.4 is 11.5 Å². The maximum absolute atomic E-state index is 4.90. The van der Waals surface area contributed by atoms with E-state index in [1.165, 1.54) is 11.1 Å². The van der Waals surface area contributed by atoms with E-state index in [1.54, 1.807) is 0 Å². The number of benzene rings is 1. The Hall–Kier alpha value is -0.860. The van der Waals surface area contributed by atoms with Gasteiger partial charge in [-0.15, -0.1) is 0 Å². The van der Waals surface area contributed by atoms with E-state index < -0.39 is 0 Å². The third-order valence-corrected chi connectivity index (χ3v) is 1.59. The van der Waals surface area contributed by atoms with E-state index in [0.29, 0.717) is 13.1 Å². The first-order valence-electron chi connectivity index (χ1n) is 4.14. The molecule has 0 unspecified atom stereocenters. The van der Waals surface area contributed by atoms with Crippen molar-refractivity contribution >= 4 is 0 Å². The van der Waals surface area contributed by atoms with Crippen molar-refractivity contribution in [3.05, 3.63) is 35.4 Å². The number of hydrogen-bond acceptors (Lipinski definition) is 2. The van der Waals surface area contributed by atoms with Gasteiger partial charge in [-0.2, -0.15) is 0 Å². The summed E-state index contributed by atoms with van der Waals surface area (Å²) in [5.41, 5.74) is 12.5. The molecule has 0 atom stereocenters. The third kappa shape index (κ3) is 4.88. The molecule has 0 spiro atoms. The Morgan fingerprint density at radius 1 is 0.917 bits per heavy atom. The van der Waals surface area contributed by atoms with Crippen molar-refractivity contribution in [3.63, 3.8) is 0 Å². The van der Waals surface area contributed by atoms with Crippen LogP contribution in [0, 0.1) is 13.8 Å². The van der Waals surface area contributed by atoms with Gasteiger partial charge in [0.2, 0.25) is 0 Å². The molecule has 4 N–H and O–H groups in total. The zero-order valence-corrected chi connectivity index (χ0v) is 7.88. The fourth-order valence-electron chi connectivity index (χ4n) is 0.663. The molecule has 0 amide bonds. The Kier molecular flexibility index (Phi) is 6.34. The minimum atomic E-state index is 0.597. The van der Waals surface area contributed by atoms with Crippen LogP contribution in [-0.2, 0) is 0 Å². The number of hydrogen-bond donors (Lipinski definition) is 2. The van der Waals surface area contributed by atoms with Crippen LogP contribution in [0.1, 0.15) is 11.1 Å². The predicted molar refractivity (Wildman–Crippen MR) is 54.0 cm³/mol. The Labute approximate surface area is 74.6 Å². The summed E-state index contributed by atoms with van der Waals surface area (Å²) in [7, 11) is 0. The standard InChI is InChI=1S/C8H10.C2H8N2/c1-7-5-3-4-6-8(7)2;3-1-2-4/h3-6H,1-2H3;1-4H2. The lowest BCUT2D eigenvalue weighted by Crippen LogP contribution is -2.11. The topological polar surface area (TPSA) is 52.0 Å². The van der Waals surface area contributed by atoms with Crippen LogP contribution in [-0.4, -0.2) is 13.1 Å². The number of aryl methyl sites for hydroxylation is 2.